The summed E-state index contributed by atoms with van der Waals surface area (Å²) in [4.78, 5) is 0. The Balaban J connectivity index is 2.19. The summed E-state index contributed by atoms with van der Waals surface area (Å²) in [6.07, 6.45) is 0. The summed E-state index contributed by atoms with van der Waals surface area (Å²) in [6, 6.07) is 8.36. The molecular weight excluding hydrogens is 304 g/mol. The zero-order chi connectivity index (χ0) is 13.1. The lowest BCUT2D eigenvalue weighted by Gasteiger charge is -2.11. The van der Waals surface area contributed by atoms with E-state index in [2.05, 4.69) is 15.9 Å². The first kappa shape index (κ1) is 12.8. The molecule has 0 radical (unpaired) electrons. The Morgan fingerprint density at radius 3 is 2.67 bits per heavy atom. The minimum atomic E-state index is -0.609. The molecule has 2 aromatic rings. The molecule has 0 aliphatic rings. The maximum atomic E-state index is 13.3. The van der Waals surface area contributed by atoms with Gasteiger partial charge in [0.25, 0.3) is 0 Å². The Morgan fingerprint density at radius 1 is 1.17 bits per heavy atom. The molecule has 0 amide bonds. The van der Waals surface area contributed by atoms with Crippen LogP contribution in [0.15, 0.2) is 40.9 Å². The molecular formula is C13H10BrF2NO. The average Bonchev–Trinajstić information content (AvgIpc) is 2.33. The van der Waals surface area contributed by atoms with Crippen molar-refractivity contribution in [2.24, 2.45) is 0 Å². The molecule has 0 aliphatic carbocycles. The molecule has 5 heteroatoms. The van der Waals surface area contributed by atoms with Gasteiger partial charge in [0.15, 0.2) is 11.6 Å². The predicted octanol–water partition coefficient (Wildman–Crippen LogP) is 3.89. The fraction of sp³-hybridized carbons (Fsp3) is 0.0769. The largest absolute Gasteiger partial charge is 0.486 e. The number of nitrogens with two attached hydrogens (primary N) is 1. The van der Waals surface area contributed by atoms with E-state index in [-0.39, 0.29) is 12.4 Å². The third kappa shape index (κ3) is 2.79. The first-order valence-corrected chi connectivity index (χ1v) is 5.98. The van der Waals surface area contributed by atoms with Crippen molar-refractivity contribution in [3.05, 3.63) is 58.1 Å². The molecule has 0 aromatic heterocycles. The maximum absolute atomic E-state index is 13.3. The van der Waals surface area contributed by atoms with Crippen molar-refractivity contribution >= 4 is 21.6 Å². The number of hydrogen-bond donors (Lipinski definition) is 1. The minimum Gasteiger partial charge on any atom is -0.486 e. The normalized spacial score (nSPS) is 10.4. The number of anilines is 1. The van der Waals surface area contributed by atoms with Crippen LogP contribution in [0.25, 0.3) is 0 Å². The van der Waals surface area contributed by atoms with Crippen LogP contribution < -0.4 is 10.5 Å². The van der Waals surface area contributed by atoms with Gasteiger partial charge in [-0.3, -0.25) is 0 Å². The van der Waals surface area contributed by atoms with Crippen molar-refractivity contribution in [1.82, 2.24) is 0 Å². The van der Waals surface area contributed by atoms with Gasteiger partial charge in [-0.1, -0.05) is 22.0 Å². The third-order valence-corrected chi connectivity index (χ3v) is 3.16. The Bertz CT molecular complexity index is 555. The van der Waals surface area contributed by atoms with E-state index in [9.17, 15) is 8.78 Å². The SMILES string of the molecule is Nc1cccc(Br)c1COc1cc(F)ccc1F. The van der Waals surface area contributed by atoms with E-state index >= 15 is 0 Å². The Labute approximate surface area is 112 Å². The Kier molecular flexibility index (Phi) is 3.81. The lowest BCUT2D eigenvalue weighted by molar-refractivity contribution is 0.288. The van der Waals surface area contributed by atoms with Crippen molar-refractivity contribution in [3.8, 4) is 5.75 Å². The quantitative estimate of drug-likeness (QED) is 0.873. The van der Waals surface area contributed by atoms with Crippen LogP contribution in [-0.2, 0) is 6.61 Å². The van der Waals surface area contributed by atoms with Gasteiger partial charge in [0, 0.05) is 21.8 Å². The molecule has 94 valence electrons. The van der Waals surface area contributed by atoms with Crippen molar-refractivity contribution in [2.75, 3.05) is 5.73 Å². The lowest BCUT2D eigenvalue weighted by atomic mass is 10.2. The maximum Gasteiger partial charge on any atom is 0.165 e. The second-order valence-corrected chi connectivity index (χ2v) is 4.53. The number of ether oxygens (including phenoxy) is 1. The second-order valence-electron chi connectivity index (χ2n) is 3.67. The minimum absolute atomic E-state index is 0.0631. The summed E-state index contributed by atoms with van der Waals surface area (Å²) in [5.74, 6) is -1.29. The van der Waals surface area contributed by atoms with Crippen LogP contribution in [0.5, 0.6) is 5.75 Å². The molecule has 0 spiro atoms. The molecule has 0 bridgehead atoms. The van der Waals surface area contributed by atoms with Crippen molar-refractivity contribution in [3.63, 3.8) is 0 Å². The fourth-order valence-electron chi connectivity index (χ4n) is 1.47. The number of rotatable bonds is 3. The van der Waals surface area contributed by atoms with Crippen molar-refractivity contribution in [1.29, 1.82) is 0 Å². The Morgan fingerprint density at radius 2 is 1.94 bits per heavy atom. The summed E-state index contributed by atoms with van der Waals surface area (Å²) in [7, 11) is 0. The number of nitrogen functional groups attached to an aromatic ring is 1. The van der Waals surface area contributed by atoms with Gasteiger partial charge >= 0.3 is 0 Å². The van der Waals surface area contributed by atoms with E-state index in [1.54, 1.807) is 18.2 Å². The van der Waals surface area contributed by atoms with E-state index in [1.807, 2.05) is 0 Å². The Hall–Kier alpha value is -1.62. The molecule has 0 saturated carbocycles. The van der Waals surface area contributed by atoms with E-state index in [4.69, 9.17) is 10.5 Å². The summed E-state index contributed by atoms with van der Waals surface area (Å²) >= 11 is 3.33. The monoisotopic (exact) mass is 313 g/mol. The number of hydrogen-bond acceptors (Lipinski definition) is 2. The standard InChI is InChI=1S/C13H10BrF2NO/c14-10-2-1-3-12(17)9(10)7-18-13-6-8(15)4-5-11(13)16/h1-6H,7,17H2. The molecule has 18 heavy (non-hydrogen) atoms. The molecule has 0 aliphatic heterocycles. The molecule has 0 atom stereocenters. The zero-order valence-electron chi connectivity index (χ0n) is 9.29. The van der Waals surface area contributed by atoms with E-state index in [0.717, 1.165) is 22.7 Å². The molecule has 0 heterocycles. The van der Waals surface area contributed by atoms with Crippen LogP contribution in [0.4, 0.5) is 14.5 Å². The van der Waals surface area contributed by atoms with Crippen LogP contribution >= 0.6 is 15.9 Å². The highest BCUT2D eigenvalue weighted by atomic mass is 79.9. The van der Waals surface area contributed by atoms with Crippen LogP contribution in [0.3, 0.4) is 0 Å². The van der Waals surface area contributed by atoms with Gasteiger partial charge in [-0.2, -0.15) is 0 Å². The first-order chi connectivity index (χ1) is 8.58. The third-order valence-electron chi connectivity index (χ3n) is 2.42. The van der Waals surface area contributed by atoms with Gasteiger partial charge in [-0.25, -0.2) is 8.78 Å². The van der Waals surface area contributed by atoms with Crippen molar-refractivity contribution < 1.29 is 13.5 Å². The van der Waals surface area contributed by atoms with Gasteiger partial charge < -0.3 is 10.5 Å². The average molecular weight is 314 g/mol. The lowest BCUT2D eigenvalue weighted by Crippen LogP contribution is -2.02. The fourth-order valence-corrected chi connectivity index (χ4v) is 1.96. The van der Waals surface area contributed by atoms with E-state index in [0.29, 0.717) is 11.3 Å². The molecule has 0 saturated heterocycles. The smallest absolute Gasteiger partial charge is 0.165 e. The second kappa shape index (κ2) is 5.35. The topological polar surface area (TPSA) is 35.2 Å². The first-order valence-electron chi connectivity index (χ1n) is 5.18. The predicted molar refractivity (Wildman–Crippen MR) is 69.2 cm³/mol. The van der Waals surface area contributed by atoms with Crippen molar-refractivity contribution in [2.45, 2.75) is 6.61 Å². The molecule has 2 nitrogen and oxygen atoms in total. The van der Waals surface area contributed by atoms with Gasteiger partial charge in [0.1, 0.15) is 12.4 Å². The molecule has 2 rings (SSSR count). The van der Waals surface area contributed by atoms with Gasteiger partial charge in [-0.15, -0.1) is 0 Å². The molecule has 2 aromatic carbocycles. The van der Waals surface area contributed by atoms with Crippen LogP contribution in [0, 0.1) is 11.6 Å². The highest BCUT2D eigenvalue weighted by molar-refractivity contribution is 9.10. The van der Waals surface area contributed by atoms with E-state index < -0.39 is 11.6 Å². The van der Waals surface area contributed by atoms with Crippen LogP contribution in [0.2, 0.25) is 0 Å². The highest BCUT2D eigenvalue weighted by Crippen LogP contribution is 2.25. The number of halogens is 3. The van der Waals surface area contributed by atoms with Crippen LogP contribution in [0.1, 0.15) is 5.56 Å². The molecule has 2 N–H and O–H groups in total. The van der Waals surface area contributed by atoms with Gasteiger partial charge in [-0.05, 0) is 24.3 Å². The highest BCUT2D eigenvalue weighted by Gasteiger charge is 2.08. The number of benzene rings is 2. The van der Waals surface area contributed by atoms with Gasteiger partial charge in [0.05, 0.1) is 0 Å². The summed E-state index contributed by atoms with van der Waals surface area (Å²) in [6.45, 7) is 0.0631. The zero-order valence-corrected chi connectivity index (χ0v) is 10.9. The summed E-state index contributed by atoms with van der Waals surface area (Å²) in [5.41, 5.74) is 7.00. The molecule has 0 unspecified atom stereocenters. The summed E-state index contributed by atoms with van der Waals surface area (Å²) in [5, 5.41) is 0. The van der Waals surface area contributed by atoms with E-state index in [1.165, 1.54) is 0 Å². The summed E-state index contributed by atoms with van der Waals surface area (Å²) < 4.78 is 32.3. The molecule has 0 fully saturated rings. The van der Waals surface area contributed by atoms with Crippen LogP contribution in [-0.4, -0.2) is 0 Å². The van der Waals surface area contributed by atoms with Gasteiger partial charge in [0.2, 0.25) is 0 Å².